The van der Waals surface area contributed by atoms with Gasteiger partial charge >= 0.3 is 0 Å². The fourth-order valence-electron chi connectivity index (χ4n) is 2.71. The van der Waals surface area contributed by atoms with Crippen molar-refractivity contribution in [3.63, 3.8) is 0 Å². The van der Waals surface area contributed by atoms with Crippen molar-refractivity contribution in [2.75, 3.05) is 5.32 Å². The highest BCUT2D eigenvalue weighted by Crippen LogP contribution is 2.21. The number of carbonyl (C=O) groups is 1. The van der Waals surface area contributed by atoms with Gasteiger partial charge in [-0.05, 0) is 60.2 Å². The molecule has 0 aliphatic rings. The summed E-state index contributed by atoms with van der Waals surface area (Å²) in [6, 6.07) is 20.2. The van der Waals surface area contributed by atoms with E-state index in [2.05, 4.69) is 15.5 Å². The first kappa shape index (κ1) is 18.4. The van der Waals surface area contributed by atoms with E-state index in [9.17, 15) is 9.18 Å². The van der Waals surface area contributed by atoms with Gasteiger partial charge in [0.2, 0.25) is 11.8 Å². The average molecular weight is 388 g/mol. The molecule has 29 heavy (non-hydrogen) atoms. The second-order valence-electron chi connectivity index (χ2n) is 6.30. The number of amides is 1. The molecule has 0 spiro atoms. The Morgan fingerprint density at radius 3 is 2.31 bits per heavy atom. The smallest absolute Gasteiger partial charge is 0.238 e. The lowest BCUT2D eigenvalue weighted by Gasteiger charge is -2.08. The zero-order valence-corrected chi connectivity index (χ0v) is 15.3. The molecule has 0 unspecified atom stereocenters. The molecule has 0 aliphatic carbocycles. The summed E-state index contributed by atoms with van der Waals surface area (Å²) in [6.07, 6.45) is 3.93. The first-order valence-electron chi connectivity index (χ1n) is 8.95. The van der Waals surface area contributed by atoms with Crippen LogP contribution in [0, 0.1) is 5.82 Å². The van der Waals surface area contributed by atoms with Gasteiger partial charge in [-0.3, -0.25) is 4.79 Å². The van der Waals surface area contributed by atoms with Crippen LogP contribution in [-0.4, -0.2) is 20.7 Å². The van der Waals surface area contributed by atoms with Crippen LogP contribution in [0.25, 0.3) is 5.82 Å². The third kappa shape index (κ3) is 4.84. The Labute approximate surface area is 166 Å². The third-order valence-electron chi connectivity index (χ3n) is 4.13. The van der Waals surface area contributed by atoms with Crippen molar-refractivity contribution in [1.29, 1.82) is 0 Å². The SMILES string of the molecule is O=C(Cc1ccc(F)cc1)Nc1ccc(Oc2ccc(-n3cccc3)nn2)cc1. The number of anilines is 1. The lowest BCUT2D eigenvalue weighted by molar-refractivity contribution is -0.115. The maximum absolute atomic E-state index is 12.9. The standard InChI is InChI=1S/C22H17FN4O2/c23-17-5-3-16(4-6-17)15-21(28)24-18-7-9-19(10-8-18)29-22-12-11-20(25-26-22)27-13-1-2-14-27/h1-14H,15H2,(H,24,28). The van der Waals surface area contributed by atoms with E-state index in [4.69, 9.17) is 4.74 Å². The highest BCUT2D eigenvalue weighted by Gasteiger charge is 2.06. The Balaban J connectivity index is 1.34. The van der Waals surface area contributed by atoms with Crippen molar-refractivity contribution in [2.45, 2.75) is 6.42 Å². The molecule has 6 nitrogen and oxygen atoms in total. The Morgan fingerprint density at radius 1 is 0.931 bits per heavy atom. The quantitative estimate of drug-likeness (QED) is 0.532. The third-order valence-corrected chi connectivity index (χ3v) is 4.13. The molecule has 0 saturated heterocycles. The molecule has 0 atom stereocenters. The molecule has 7 heteroatoms. The number of halogens is 1. The predicted molar refractivity (Wildman–Crippen MR) is 107 cm³/mol. The summed E-state index contributed by atoms with van der Waals surface area (Å²) < 4.78 is 20.5. The van der Waals surface area contributed by atoms with Crippen LogP contribution in [0.1, 0.15) is 5.56 Å². The Morgan fingerprint density at radius 2 is 1.66 bits per heavy atom. The minimum Gasteiger partial charge on any atom is -0.438 e. The van der Waals surface area contributed by atoms with Gasteiger partial charge in [0.1, 0.15) is 11.6 Å². The lowest BCUT2D eigenvalue weighted by Crippen LogP contribution is -2.14. The van der Waals surface area contributed by atoms with Gasteiger partial charge in [0.05, 0.1) is 6.42 Å². The second kappa shape index (κ2) is 8.35. The Kier molecular flexibility index (Phi) is 5.29. The number of ether oxygens (including phenoxy) is 1. The van der Waals surface area contributed by atoms with E-state index in [0.717, 1.165) is 5.56 Å². The predicted octanol–water partition coefficient (Wildman–Crippen LogP) is 4.38. The van der Waals surface area contributed by atoms with Crippen LogP contribution in [-0.2, 0) is 11.2 Å². The van der Waals surface area contributed by atoms with E-state index >= 15 is 0 Å². The normalized spacial score (nSPS) is 10.5. The first-order valence-corrected chi connectivity index (χ1v) is 8.95. The van der Waals surface area contributed by atoms with Crippen LogP contribution in [0.5, 0.6) is 11.6 Å². The molecule has 4 aromatic rings. The van der Waals surface area contributed by atoms with Gasteiger partial charge in [-0.2, -0.15) is 0 Å². The Hall–Kier alpha value is -4.00. The van der Waals surface area contributed by atoms with E-state index in [1.165, 1.54) is 12.1 Å². The number of hydrogen-bond acceptors (Lipinski definition) is 4. The van der Waals surface area contributed by atoms with Crippen LogP contribution in [0.15, 0.2) is 85.2 Å². The van der Waals surface area contributed by atoms with Gasteiger partial charge in [0, 0.05) is 24.1 Å². The number of aromatic nitrogens is 3. The molecule has 0 saturated carbocycles. The van der Waals surface area contributed by atoms with Crippen molar-refractivity contribution in [3.8, 4) is 17.4 Å². The molecule has 1 N–H and O–H groups in total. The monoisotopic (exact) mass is 388 g/mol. The van der Waals surface area contributed by atoms with Gasteiger partial charge in [-0.25, -0.2) is 4.39 Å². The van der Waals surface area contributed by atoms with E-state index in [-0.39, 0.29) is 18.1 Å². The van der Waals surface area contributed by atoms with Crippen molar-refractivity contribution in [3.05, 3.63) is 96.6 Å². The van der Waals surface area contributed by atoms with Gasteiger partial charge < -0.3 is 14.6 Å². The highest BCUT2D eigenvalue weighted by molar-refractivity contribution is 5.92. The summed E-state index contributed by atoms with van der Waals surface area (Å²) in [7, 11) is 0. The van der Waals surface area contributed by atoms with Gasteiger partial charge in [0.25, 0.3) is 0 Å². The van der Waals surface area contributed by atoms with Crippen LogP contribution in [0.3, 0.4) is 0 Å². The topological polar surface area (TPSA) is 69.0 Å². The zero-order chi connectivity index (χ0) is 20.1. The van der Waals surface area contributed by atoms with Crippen molar-refractivity contribution in [1.82, 2.24) is 14.8 Å². The molecule has 0 fully saturated rings. The summed E-state index contributed by atoms with van der Waals surface area (Å²) in [6.45, 7) is 0. The number of rotatable bonds is 6. The highest BCUT2D eigenvalue weighted by atomic mass is 19.1. The van der Waals surface area contributed by atoms with Gasteiger partial charge in [0.15, 0.2) is 5.82 Å². The molecule has 2 heterocycles. The number of benzene rings is 2. The summed E-state index contributed by atoms with van der Waals surface area (Å²) in [5, 5.41) is 11.0. The van der Waals surface area contributed by atoms with Gasteiger partial charge in [-0.1, -0.05) is 12.1 Å². The van der Waals surface area contributed by atoms with Crippen LogP contribution in [0.4, 0.5) is 10.1 Å². The fraction of sp³-hybridized carbons (Fsp3) is 0.0455. The maximum Gasteiger partial charge on any atom is 0.238 e. The number of hydrogen-bond donors (Lipinski definition) is 1. The van der Waals surface area contributed by atoms with E-state index in [0.29, 0.717) is 23.1 Å². The Bertz CT molecular complexity index is 1080. The summed E-state index contributed by atoms with van der Waals surface area (Å²) >= 11 is 0. The molecule has 144 valence electrons. The number of nitrogens with one attached hydrogen (secondary N) is 1. The second-order valence-corrected chi connectivity index (χ2v) is 6.30. The summed E-state index contributed by atoms with van der Waals surface area (Å²) in [4.78, 5) is 12.1. The van der Waals surface area contributed by atoms with Crippen LogP contribution >= 0.6 is 0 Å². The van der Waals surface area contributed by atoms with Crippen molar-refractivity contribution in [2.24, 2.45) is 0 Å². The first-order chi connectivity index (χ1) is 14.2. The molecule has 2 aromatic carbocycles. The van der Waals surface area contributed by atoms with E-state index < -0.39 is 0 Å². The van der Waals surface area contributed by atoms with Gasteiger partial charge in [-0.15, -0.1) is 10.2 Å². The summed E-state index contributed by atoms with van der Waals surface area (Å²) in [5.41, 5.74) is 1.38. The zero-order valence-electron chi connectivity index (χ0n) is 15.3. The van der Waals surface area contributed by atoms with E-state index in [1.54, 1.807) is 42.5 Å². The molecule has 2 aromatic heterocycles. The molecule has 0 bridgehead atoms. The van der Waals surface area contributed by atoms with Crippen molar-refractivity contribution >= 4 is 11.6 Å². The minimum absolute atomic E-state index is 0.169. The summed E-state index contributed by atoms with van der Waals surface area (Å²) in [5.74, 6) is 1.13. The lowest BCUT2D eigenvalue weighted by atomic mass is 10.1. The number of nitrogens with zero attached hydrogens (tertiary/aromatic N) is 3. The van der Waals surface area contributed by atoms with E-state index in [1.807, 2.05) is 35.2 Å². The number of carbonyl (C=O) groups excluding carboxylic acids is 1. The molecule has 1 amide bonds. The van der Waals surface area contributed by atoms with Crippen molar-refractivity contribution < 1.29 is 13.9 Å². The minimum atomic E-state index is -0.325. The molecular weight excluding hydrogens is 371 g/mol. The maximum atomic E-state index is 12.9. The molecular formula is C22H17FN4O2. The molecule has 0 radical (unpaired) electrons. The average Bonchev–Trinajstić information content (AvgIpc) is 3.27. The fourth-order valence-corrected chi connectivity index (χ4v) is 2.71. The molecule has 0 aliphatic heterocycles. The largest absolute Gasteiger partial charge is 0.438 e. The van der Waals surface area contributed by atoms with Crippen LogP contribution < -0.4 is 10.1 Å². The molecule has 4 rings (SSSR count). The van der Waals surface area contributed by atoms with Crippen LogP contribution in [0.2, 0.25) is 0 Å².